The molecule has 15 heavy (non-hydrogen) atoms. The third-order valence-corrected chi connectivity index (χ3v) is 1.74. The number of benzene rings is 1. The predicted octanol–water partition coefficient (Wildman–Crippen LogP) is 1.55. The molecule has 4 heteroatoms. The van der Waals surface area contributed by atoms with Crippen LogP contribution in [0.3, 0.4) is 0 Å². The van der Waals surface area contributed by atoms with E-state index in [0.717, 1.165) is 0 Å². The van der Waals surface area contributed by atoms with Gasteiger partial charge < -0.3 is 15.6 Å². The number of aromatic hydroxyl groups is 1. The van der Waals surface area contributed by atoms with Crippen molar-refractivity contribution in [2.75, 3.05) is 12.3 Å². The minimum absolute atomic E-state index is 0.0738. The SMILES string of the molecule is CCOC(=O)C=Cc1cc(N)ccc1O. The van der Waals surface area contributed by atoms with Crippen molar-refractivity contribution in [3.8, 4) is 5.75 Å². The van der Waals surface area contributed by atoms with Crippen LogP contribution >= 0.6 is 0 Å². The molecule has 1 aromatic rings. The molecule has 4 nitrogen and oxygen atoms in total. The topological polar surface area (TPSA) is 72.5 Å². The van der Waals surface area contributed by atoms with E-state index >= 15 is 0 Å². The number of hydrogen-bond acceptors (Lipinski definition) is 4. The van der Waals surface area contributed by atoms with E-state index in [2.05, 4.69) is 0 Å². The van der Waals surface area contributed by atoms with Crippen LogP contribution in [0.2, 0.25) is 0 Å². The fraction of sp³-hybridized carbons (Fsp3) is 0.182. The zero-order valence-electron chi connectivity index (χ0n) is 8.43. The fourth-order valence-corrected chi connectivity index (χ4v) is 1.05. The van der Waals surface area contributed by atoms with Crippen LogP contribution in [0.5, 0.6) is 5.75 Å². The Kier molecular flexibility index (Phi) is 3.74. The Hall–Kier alpha value is -1.97. The molecule has 0 spiro atoms. The van der Waals surface area contributed by atoms with Gasteiger partial charge in [0.2, 0.25) is 0 Å². The Labute approximate surface area is 88.0 Å². The van der Waals surface area contributed by atoms with Gasteiger partial charge in [0, 0.05) is 17.3 Å². The van der Waals surface area contributed by atoms with E-state index < -0.39 is 5.97 Å². The molecule has 0 heterocycles. The highest BCUT2D eigenvalue weighted by molar-refractivity contribution is 5.87. The minimum atomic E-state index is -0.445. The maximum absolute atomic E-state index is 11.0. The number of carbonyl (C=O) groups is 1. The van der Waals surface area contributed by atoms with E-state index in [1.165, 1.54) is 18.2 Å². The van der Waals surface area contributed by atoms with Gasteiger partial charge in [-0.3, -0.25) is 0 Å². The number of esters is 1. The van der Waals surface area contributed by atoms with Crippen molar-refractivity contribution in [2.24, 2.45) is 0 Å². The molecule has 0 saturated heterocycles. The molecule has 0 saturated carbocycles. The van der Waals surface area contributed by atoms with Crippen molar-refractivity contribution in [1.29, 1.82) is 0 Å². The summed E-state index contributed by atoms with van der Waals surface area (Å²) in [6.07, 6.45) is 2.71. The highest BCUT2D eigenvalue weighted by atomic mass is 16.5. The van der Waals surface area contributed by atoms with Gasteiger partial charge in [-0.05, 0) is 31.2 Å². The van der Waals surface area contributed by atoms with Crippen LogP contribution in [0.25, 0.3) is 6.08 Å². The molecule has 3 N–H and O–H groups in total. The average Bonchev–Trinajstić information content (AvgIpc) is 2.20. The standard InChI is InChI=1S/C11H13NO3/c1-2-15-11(14)6-3-8-7-9(12)4-5-10(8)13/h3-7,13H,2,12H2,1H3. The highest BCUT2D eigenvalue weighted by Crippen LogP contribution is 2.20. The van der Waals surface area contributed by atoms with Crippen molar-refractivity contribution in [1.82, 2.24) is 0 Å². The van der Waals surface area contributed by atoms with Gasteiger partial charge >= 0.3 is 5.97 Å². The zero-order chi connectivity index (χ0) is 11.3. The van der Waals surface area contributed by atoms with Crippen molar-refractivity contribution in [2.45, 2.75) is 6.92 Å². The normalized spacial score (nSPS) is 10.5. The average molecular weight is 207 g/mol. The quantitative estimate of drug-likeness (QED) is 0.341. The molecule has 0 aliphatic carbocycles. The van der Waals surface area contributed by atoms with Gasteiger partial charge in [0.25, 0.3) is 0 Å². The maximum atomic E-state index is 11.0. The Bertz CT molecular complexity index is 385. The van der Waals surface area contributed by atoms with Crippen LogP contribution in [0.4, 0.5) is 5.69 Å². The van der Waals surface area contributed by atoms with Crippen molar-refractivity contribution < 1.29 is 14.6 Å². The lowest BCUT2D eigenvalue weighted by atomic mass is 10.1. The molecule has 0 unspecified atom stereocenters. The molecule has 0 bridgehead atoms. The molecule has 0 fully saturated rings. The first-order valence-corrected chi connectivity index (χ1v) is 4.57. The molecule has 1 rings (SSSR count). The Morgan fingerprint density at radius 3 is 3.00 bits per heavy atom. The number of hydrogen-bond donors (Lipinski definition) is 2. The first-order chi connectivity index (χ1) is 7.13. The lowest BCUT2D eigenvalue weighted by molar-refractivity contribution is -0.137. The van der Waals surface area contributed by atoms with Crippen LogP contribution < -0.4 is 5.73 Å². The van der Waals surface area contributed by atoms with Gasteiger partial charge in [-0.25, -0.2) is 4.79 Å². The molecule has 0 atom stereocenters. The third kappa shape index (κ3) is 3.34. The number of anilines is 1. The second kappa shape index (κ2) is 5.05. The molecule has 0 amide bonds. The summed E-state index contributed by atoms with van der Waals surface area (Å²) in [5.74, 6) is -0.371. The number of carbonyl (C=O) groups excluding carboxylic acids is 1. The highest BCUT2D eigenvalue weighted by Gasteiger charge is 1.99. The van der Waals surface area contributed by atoms with Crippen LogP contribution in [0.15, 0.2) is 24.3 Å². The lowest BCUT2D eigenvalue weighted by Crippen LogP contribution is -1.98. The zero-order valence-corrected chi connectivity index (χ0v) is 8.43. The molecular weight excluding hydrogens is 194 g/mol. The van der Waals surface area contributed by atoms with Crippen molar-refractivity contribution in [3.05, 3.63) is 29.8 Å². The summed E-state index contributed by atoms with van der Waals surface area (Å²) in [7, 11) is 0. The van der Waals surface area contributed by atoms with E-state index in [0.29, 0.717) is 17.9 Å². The molecule has 0 radical (unpaired) electrons. The smallest absolute Gasteiger partial charge is 0.330 e. The van der Waals surface area contributed by atoms with Crippen LogP contribution in [0, 0.1) is 0 Å². The lowest BCUT2D eigenvalue weighted by Gasteiger charge is -2.00. The van der Waals surface area contributed by atoms with Gasteiger partial charge in [-0.1, -0.05) is 0 Å². The van der Waals surface area contributed by atoms with E-state index in [1.807, 2.05) is 0 Å². The monoisotopic (exact) mass is 207 g/mol. The molecule has 0 aliphatic rings. The molecule has 0 aliphatic heterocycles. The minimum Gasteiger partial charge on any atom is -0.507 e. The number of nitrogen functional groups attached to an aromatic ring is 1. The van der Waals surface area contributed by atoms with E-state index in [-0.39, 0.29) is 5.75 Å². The number of phenolic OH excluding ortho intramolecular Hbond substituents is 1. The number of phenols is 1. The Morgan fingerprint density at radius 1 is 1.60 bits per heavy atom. The number of rotatable bonds is 3. The summed E-state index contributed by atoms with van der Waals surface area (Å²) in [5, 5.41) is 9.42. The maximum Gasteiger partial charge on any atom is 0.330 e. The summed E-state index contributed by atoms with van der Waals surface area (Å²) < 4.78 is 4.70. The molecule has 1 aromatic carbocycles. The van der Waals surface area contributed by atoms with Crippen LogP contribution in [-0.4, -0.2) is 17.7 Å². The summed E-state index contributed by atoms with van der Waals surface area (Å²) in [4.78, 5) is 11.0. The predicted molar refractivity (Wildman–Crippen MR) is 58.2 cm³/mol. The van der Waals surface area contributed by atoms with Crippen LogP contribution in [-0.2, 0) is 9.53 Å². The van der Waals surface area contributed by atoms with Crippen LogP contribution in [0.1, 0.15) is 12.5 Å². The second-order valence-corrected chi connectivity index (χ2v) is 2.90. The van der Waals surface area contributed by atoms with Gasteiger partial charge in [0.15, 0.2) is 0 Å². The first kappa shape index (κ1) is 11.1. The van der Waals surface area contributed by atoms with E-state index in [4.69, 9.17) is 10.5 Å². The summed E-state index contributed by atoms with van der Waals surface area (Å²) in [6, 6.07) is 4.63. The fourth-order valence-electron chi connectivity index (χ4n) is 1.05. The van der Waals surface area contributed by atoms with Gasteiger partial charge in [0.05, 0.1) is 6.61 Å². The van der Waals surface area contributed by atoms with Crippen molar-refractivity contribution in [3.63, 3.8) is 0 Å². The largest absolute Gasteiger partial charge is 0.507 e. The second-order valence-electron chi connectivity index (χ2n) is 2.90. The van der Waals surface area contributed by atoms with Gasteiger partial charge in [-0.15, -0.1) is 0 Å². The third-order valence-electron chi connectivity index (χ3n) is 1.74. The molecular formula is C11H13NO3. The summed E-state index contributed by atoms with van der Waals surface area (Å²) in [6.45, 7) is 2.05. The Morgan fingerprint density at radius 2 is 2.33 bits per heavy atom. The van der Waals surface area contributed by atoms with Crippen molar-refractivity contribution >= 4 is 17.7 Å². The molecule has 0 aromatic heterocycles. The van der Waals surface area contributed by atoms with E-state index in [9.17, 15) is 9.90 Å². The first-order valence-electron chi connectivity index (χ1n) is 4.57. The van der Waals surface area contributed by atoms with Gasteiger partial charge in [0.1, 0.15) is 5.75 Å². The number of nitrogens with two attached hydrogens (primary N) is 1. The summed E-state index contributed by atoms with van der Waals surface area (Å²) in [5.41, 5.74) is 6.54. The summed E-state index contributed by atoms with van der Waals surface area (Å²) >= 11 is 0. The van der Waals surface area contributed by atoms with E-state index in [1.54, 1.807) is 19.1 Å². The molecule has 80 valence electrons. The number of ether oxygens (including phenoxy) is 1. The van der Waals surface area contributed by atoms with Gasteiger partial charge in [-0.2, -0.15) is 0 Å². The Balaban J connectivity index is 2.79.